The molecule has 1 aromatic heterocycles. The molecule has 1 saturated carbocycles. The van der Waals surface area contributed by atoms with Crippen molar-refractivity contribution in [2.75, 3.05) is 11.9 Å². The van der Waals surface area contributed by atoms with E-state index in [0.717, 1.165) is 18.0 Å². The van der Waals surface area contributed by atoms with Crippen LogP contribution >= 0.6 is 12.2 Å². The first kappa shape index (κ1) is 11.3. The summed E-state index contributed by atoms with van der Waals surface area (Å²) in [7, 11) is 0. The number of hydrogen-bond acceptors (Lipinski definition) is 4. The molecule has 4 nitrogen and oxygen atoms in total. The molecule has 0 saturated heterocycles. The predicted molar refractivity (Wildman–Crippen MR) is 68.4 cm³/mol. The van der Waals surface area contributed by atoms with Crippen molar-refractivity contribution in [2.45, 2.75) is 25.7 Å². The average Bonchev–Trinajstić information content (AvgIpc) is 2.22. The second-order valence-corrected chi connectivity index (χ2v) is 4.61. The molecule has 0 spiro atoms. The Kier molecular flexibility index (Phi) is 3.66. The Morgan fingerprint density at radius 2 is 2.38 bits per heavy atom. The highest BCUT2D eigenvalue weighted by Crippen LogP contribution is 2.29. The SMILES string of the molecule is NC(=S)c1ccnnc1NCCC1CCC1. The number of nitrogens with zero attached hydrogens (tertiary/aromatic N) is 2. The van der Waals surface area contributed by atoms with Crippen LogP contribution in [-0.2, 0) is 0 Å². The molecule has 1 aromatic rings. The molecule has 0 bridgehead atoms. The van der Waals surface area contributed by atoms with Gasteiger partial charge in [-0.2, -0.15) is 5.10 Å². The summed E-state index contributed by atoms with van der Waals surface area (Å²) in [6.07, 6.45) is 6.90. The molecular formula is C11H16N4S. The topological polar surface area (TPSA) is 63.8 Å². The largest absolute Gasteiger partial charge is 0.389 e. The zero-order valence-electron chi connectivity index (χ0n) is 9.15. The lowest BCUT2D eigenvalue weighted by atomic mass is 9.83. The van der Waals surface area contributed by atoms with Crippen LogP contribution in [0, 0.1) is 5.92 Å². The van der Waals surface area contributed by atoms with E-state index in [1.807, 2.05) is 0 Å². The van der Waals surface area contributed by atoms with Crippen LogP contribution in [0.15, 0.2) is 12.3 Å². The molecule has 1 heterocycles. The van der Waals surface area contributed by atoms with Gasteiger partial charge in [0.15, 0.2) is 5.82 Å². The summed E-state index contributed by atoms with van der Waals surface area (Å²) >= 11 is 4.96. The molecular weight excluding hydrogens is 220 g/mol. The van der Waals surface area contributed by atoms with Gasteiger partial charge in [-0.15, -0.1) is 5.10 Å². The molecule has 0 amide bonds. The van der Waals surface area contributed by atoms with E-state index >= 15 is 0 Å². The van der Waals surface area contributed by atoms with Crippen molar-refractivity contribution < 1.29 is 0 Å². The van der Waals surface area contributed by atoms with Crippen molar-refractivity contribution >= 4 is 23.0 Å². The maximum absolute atomic E-state index is 5.61. The summed E-state index contributed by atoms with van der Waals surface area (Å²) < 4.78 is 0. The Morgan fingerprint density at radius 1 is 1.56 bits per heavy atom. The Balaban J connectivity index is 1.89. The highest BCUT2D eigenvalue weighted by Gasteiger charge is 2.16. The summed E-state index contributed by atoms with van der Waals surface area (Å²) in [4.78, 5) is 0.362. The quantitative estimate of drug-likeness (QED) is 0.762. The van der Waals surface area contributed by atoms with Crippen molar-refractivity contribution in [3.05, 3.63) is 17.8 Å². The molecule has 0 atom stereocenters. The molecule has 2 rings (SSSR count). The van der Waals surface area contributed by atoms with Gasteiger partial charge >= 0.3 is 0 Å². The van der Waals surface area contributed by atoms with Gasteiger partial charge in [-0.3, -0.25) is 0 Å². The molecule has 0 unspecified atom stereocenters. The van der Waals surface area contributed by atoms with E-state index in [0.29, 0.717) is 10.8 Å². The van der Waals surface area contributed by atoms with Gasteiger partial charge in [0.25, 0.3) is 0 Å². The van der Waals surface area contributed by atoms with Crippen LogP contribution in [0.2, 0.25) is 0 Å². The summed E-state index contributed by atoms with van der Waals surface area (Å²) in [5.74, 6) is 1.59. The fourth-order valence-electron chi connectivity index (χ4n) is 1.84. The molecule has 0 radical (unpaired) electrons. The molecule has 0 aromatic carbocycles. The van der Waals surface area contributed by atoms with Crippen LogP contribution in [-0.4, -0.2) is 21.7 Å². The van der Waals surface area contributed by atoms with E-state index in [1.54, 1.807) is 12.3 Å². The van der Waals surface area contributed by atoms with Crippen LogP contribution < -0.4 is 11.1 Å². The minimum Gasteiger partial charge on any atom is -0.389 e. The van der Waals surface area contributed by atoms with E-state index in [9.17, 15) is 0 Å². The van der Waals surface area contributed by atoms with Gasteiger partial charge in [-0.25, -0.2) is 0 Å². The lowest BCUT2D eigenvalue weighted by molar-refractivity contribution is 0.303. The van der Waals surface area contributed by atoms with E-state index in [2.05, 4.69) is 15.5 Å². The number of aromatic nitrogens is 2. The van der Waals surface area contributed by atoms with Gasteiger partial charge in [-0.05, 0) is 18.4 Å². The normalized spacial score (nSPS) is 15.5. The standard InChI is InChI=1S/C11H16N4S/c12-10(16)9-5-7-14-15-11(9)13-6-4-8-2-1-3-8/h5,7-8H,1-4,6H2,(H2,12,16)(H,13,15). The number of thiocarbonyl (C=S) groups is 1. The molecule has 86 valence electrons. The lowest BCUT2D eigenvalue weighted by Gasteiger charge is -2.25. The minimum atomic E-state index is 0.362. The number of hydrogen-bond donors (Lipinski definition) is 2. The van der Waals surface area contributed by atoms with Crippen LogP contribution in [0.3, 0.4) is 0 Å². The predicted octanol–water partition coefficient (Wildman–Crippen LogP) is 1.71. The van der Waals surface area contributed by atoms with Crippen molar-refractivity contribution in [1.29, 1.82) is 0 Å². The van der Waals surface area contributed by atoms with Gasteiger partial charge in [-0.1, -0.05) is 31.5 Å². The Morgan fingerprint density at radius 3 is 3.00 bits per heavy atom. The van der Waals surface area contributed by atoms with Gasteiger partial charge in [0, 0.05) is 6.54 Å². The maximum atomic E-state index is 5.61. The Hall–Kier alpha value is -1.23. The lowest BCUT2D eigenvalue weighted by Crippen LogP contribution is -2.19. The van der Waals surface area contributed by atoms with Gasteiger partial charge in [0.05, 0.1) is 11.8 Å². The van der Waals surface area contributed by atoms with Crippen molar-refractivity contribution in [3.8, 4) is 0 Å². The number of nitrogens with one attached hydrogen (secondary N) is 1. The highest BCUT2D eigenvalue weighted by atomic mass is 32.1. The summed E-state index contributed by atoms with van der Waals surface area (Å²) in [5.41, 5.74) is 6.38. The smallest absolute Gasteiger partial charge is 0.158 e. The number of anilines is 1. The van der Waals surface area contributed by atoms with Gasteiger partial charge in [0.2, 0.25) is 0 Å². The van der Waals surface area contributed by atoms with Crippen molar-refractivity contribution in [1.82, 2.24) is 10.2 Å². The van der Waals surface area contributed by atoms with E-state index in [1.165, 1.54) is 25.7 Å². The van der Waals surface area contributed by atoms with Gasteiger partial charge < -0.3 is 11.1 Å². The Labute approximate surface area is 101 Å². The maximum Gasteiger partial charge on any atom is 0.158 e. The molecule has 16 heavy (non-hydrogen) atoms. The first-order valence-electron chi connectivity index (χ1n) is 5.62. The third-order valence-corrected chi connectivity index (χ3v) is 3.28. The zero-order chi connectivity index (χ0) is 11.4. The van der Waals surface area contributed by atoms with E-state index in [-0.39, 0.29) is 0 Å². The van der Waals surface area contributed by atoms with Crippen LogP contribution in [0.4, 0.5) is 5.82 Å². The van der Waals surface area contributed by atoms with Crippen LogP contribution in [0.5, 0.6) is 0 Å². The summed E-state index contributed by atoms with van der Waals surface area (Å²) in [5, 5.41) is 11.1. The summed E-state index contributed by atoms with van der Waals surface area (Å²) in [6, 6.07) is 1.79. The van der Waals surface area contributed by atoms with Crippen molar-refractivity contribution in [3.63, 3.8) is 0 Å². The van der Waals surface area contributed by atoms with Crippen LogP contribution in [0.1, 0.15) is 31.2 Å². The van der Waals surface area contributed by atoms with E-state index < -0.39 is 0 Å². The summed E-state index contributed by atoms with van der Waals surface area (Å²) in [6.45, 7) is 0.916. The first-order valence-corrected chi connectivity index (χ1v) is 6.03. The second-order valence-electron chi connectivity index (χ2n) is 4.17. The second kappa shape index (κ2) is 5.21. The molecule has 3 N–H and O–H groups in total. The monoisotopic (exact) mass is 236 g/mol. The van der Waals surface area contributed by atoms with Gasteiger partial charge in [0.1, 0.15) is 4.99 Å². The highest BCUT2D eigenvalue weighted by molar-refractivity contribution is 7.80. The fourth-order valence-corrected chi connectivity index (χ4v) is 2.00. The third-order valence-electron chi connectivity index (χ3n) is 3.06. The number of nitrogens with two attached hydrogens (primary N) is 1. The number of rotatable bonds is 5. The van der Waals surface area contributed by atoms with E-state index in [4.69, 9.17) is 18.0 Å². The third kappa shape index (κ3) is 2.66. The minimum absolute atomic E-state index is 0.362. The first-order chi connectivity index (χ1) is 7.77. The van der Waals surface area contributed by atoms with Crippen LogP contribution in [0.25, 0.3) is 0 Å². The van der Waals surface area contributed by atoms with Crippen molar-refractivity contribution in [2.24, 2.45) is 11.7 Å². The molecule has 1 aliphatic rings. The Bertz CT molecular complexity index is 376. The zero-order valence-corrected chi connectivity index (χ0v) is 9.96. The molecule has 5 heteroatoms. The molecule has 1 aliphatic carbocycles. The molecule has 0 aliphatic heterocycles. The fraction of sp³-hybridized carbons (Fsp3) is 0.545. The molecule has 1 fully saturated rings. The average molecular weight is 236 g/mol.